The fourth-order valence-corrected chi connectivity index (χ4v) is 3.97. The van der Waals surface area contributed by atoms with Gasteiger partial charge >= 0.3 is 0 Å². The van der Waals surface area contributed by atoms with Gasteiger partial charge in [-0.2, -0.15) is 0 Å². The van der Waals surface area contributed by atoms with Crippen LogP contribution >= 0.6 is 0 Å². The summed E-state index contributed by atoms with van der Waals surface area (Å²) in [5.41, 5.74) is 9.39. The SMILES string of the molecule is CCCCn1c(-c2ccccc2C)nc2c(Nc3c(C)cccc3C)cccc21. The van der Waals surface area contributed by atoms with Crippen molar-refractivity contribution in [2.45, 2.75) is 47.1 Å². The van der Waals surface area contributed by atoms with Crippen LogP contribution in [-0.2, 0) is 6.54 Å². The molecule has 0 radical (unpaired) electrons. The summed E-state index contributed by atoms with van der Waals surface area (Å²) in [7, 11) is 0. The first kappa shape index (κ1) is 19.3. The number of nitrogens with zero attached hydrogens (tertiary/aromatic N) is 2. The molecule has 0 unspecified atom stereocenters. The molecule has 0 aliphatic heterocycles. The molecule has 0 atom stereocenters. The lowest BCUT2D eigenvalue weighted by Gasteiger charge is -2.13. The Bertz CT molecular complexity index is 1130. The van der Waals surface area contributed by atoms with Crippen molar-refractivity contribution in [2.24, 2.45) is 0 Å². The molecule has 0 aliphatic carbocycles. The van der Waals surface area contributed by atoms with Crippen LogP contribution in [0.2, 0.25) is 0 Å². The van der Waals surface area contributed by atoms with Crippen LogP contribution in [0.25, 0.3) is 22.4 Å². The molecule has 0 aliphatic rings. The molecule has 148 valence electrons. The molecule has 1 heterocycles. The van der Waals surface area contributed by atoms with E-state index in [1.807, 2.05) is 0 Å². The van der Waals surface area contributed by atoms with Gasteiger partial charge in [0.15, 0.2) is 0 Å². The maximum absolute atomic E-state index is 5.15. The molecule has 1 N–H and O–H groups in total. The number of rotatable bonds is 6. The summed E-state index contributed by atoms with van der Waals surface area (Å²) in [4.78, 5) is 5.15. The van der Waals surface area contributed by atoms with Gasteiger partial charge in [0, 0.05) is 17.8 Å². The quantitative estimate of drug-likeness (QED) is 0.382. The van der Waals surface area contributed by atoms with Crippen LogP contribution in [0.5, 0.6) is 0 Å². The number of hydrogen-bond acceptors (Lipinski definition) is 2. The number of aromatic nitrogens is 2. The largest absolute Gasteiger partial charge is 0.353 e. The predicted octanol–water partition coefficient (Wildman–Crippen LogP) is 7.17. The van der Waals surface area contributed by atoms with Crippen LogP contribution in [0.15, 0.2) is 60.7 Å². The third-order valence-electron chi connectivity index (χ3n) is 5.64. The zero-order valence-electron chi connectivity index (χ0n) is 17.8. The molecule has 0 saturated carbocycles. The van der Waals surface area contributed by atoms with Crippen LogP contribution in [0.4, 0.5) is 11.4 Å². The van der Waals surface area contributed by atoms with Crippen molar-refractivity contribution in [1.82, 2.24) is 9.55 Å². The van der Waals surface area contributed by atoms with E-state index in [1.165, 1.54) is 33.5 Å². The molecule has 0 spiro atoms. The van der Waals surface area contributed by atoms with Crippen molar-refractivity contribution in [3.05, 3.63) is 77.4 Å². The van der Waals surface area contributed by atoms with E-state index in [2.05, 4.69) is 98.2 Å². The number of nitrogens with one attached hydrogen (secondary N) is 1. The second-order valence-corrected chi connectivity index (χ2v) is 7.82. The summed E-state index contributed by atoms with van der Waals surface area (Å²) in [6.45, 7) is 9.67. The number of aryl methyl sites for hydroxylation is 4. The van der Waals surface area contributed by atoms with E-state index in [-0.39, 0.29) is 0 Å². The Hall–Kier alpha value is -3.07. The van der Waals surface area contributed by atoms with E-state index < -0.39 is 0 Å². The Morgan fingerprint density at radius 3 is 2.24 bits per heavy atom. The molecular weight excluding hydrogens is 354 g/mol. The summed E-state index contributed by atoms with van der Waals surface area (Å²) in [5, 5.41) is 3.67. The van der Waals surface area contributed by atoms with Crippen LogP contribution in [-0.4, -0.2) is 9.55 Å². The molecule has 0 saturated heterocycles. The first-order chi connectivity index (χ1) is 14.1. The van der Waals surface area contributed by atoms with E-state index in [0.29, 0.717) is 0 Å². The topological polar surface area (TPSA) is 29.9 Å². The summed E-state index contributed by atoms with van der Waals surface area (Å²) in [6, 6.07) is 21.4. The number of benzene rings is 3. The Balaban J connectivity index is 1.89. The van der Waals surface area contributed by atoms with Gasteiger partial charge in [0.2, 0.25) is 0 Å². The Labute approximate surface area is 173 Å². The highest BCUT2D eigenvalue weighted by molar-refractivity contribution is 5.93. The Morgan fingerprint density at radius 2 is 1.52 bits per heavy atom. The normalized spacial score (nSPS) is 11.2. The van der Waals surface area contributed by atoms with Gasteiger partial charge in [-0.05, 0) is 56.0 Å². The fraction of sp³-hybridized carbons (Fsp3) is 0.269. The Morgan fingerprint density at radius 1 is 0.828 bits per heavy atom. The average Bonchev–Trinajstić information content (AvgIpc) is 3.08. The van der Waals surface area contributed by atoms with Crippen LogP contribution in [0, 0.1) is 20.8 Å². The molecule has 3 aromatic carbocycles. The summed E-state index contributed by atoms with van der Waals surface area (Å²) < 4.78 is 2.39. The van der Waals surface area contributed by atoms with Crippen molar-refractivity contribution < 1.29 is 0 Å². The highest BCUT2D eigenvalue weighted by Crippen LogP contribution is 2.33. The van der Waals surface area contributed by atoms with Gasteiger partial charge in [0.05, 0.1) is 11.2 Å². The second kappa shape index (κ2) is 8.12. The van der Waals surface area contributed by atoms with E-state index in [1.54, 1.807) is 0 Å². The monoisotopic (exact) mass is 383 g/mol. The van der Waals surface area contributed by atoms with E-state index in [4.69, 9.17) is 4.98 Å². The van der Waals surface area contributed by atoms with Crippen LogP contribution in [0.3, 0.4) is 0 Å². The molecular formula is C26H29N3. The van der Waals surface area contributed by atoms with Gasteiger partial charge in [-0.15, -0.1) is 0 Å². The lowest BCUT2D eigenvalue weighted by molar-refractivity contribution is 0.651. The number of para-hydroxylation sites is 2. The number of fused-ring (bicyclic) bond motifs is 1. The van der Waals surface area contributed by atoms with Crippen molar-refractivity contribution in [2.75, 3.05) is 5.32 Å². The minimum Gasteiger partial charge on any atom is -0.353 e. The van der Waals surface area contributed by atoms with Crippen molar-refractivity contribution in [3.8, 4) is 11.4 Å². The minimum absolute atomic E-state index is 0.976. The van der Waals surface area contributed by atoms with E-state index in [9.17, 15) is 0 Å². The summed E-state index contributed by atoms with van der Waals surface area (Å²) >= 11 is 0. The van der Waals surface area contributed by atoms with Gasteiger partial charge in [0.1, 0.15) is 11.3 Å². The van der Waals surface area contributed by atoms with Gasteiger partial charge in [-0.1, -0.05) is 61.9 Å². The number of anilines is 2. The molecule has 4 aromatic rings. The van der Waals surface area contributed by atoms with E-state index in [0.717, 1.165) is 36.4 Å². The number of unbranched alkanes of at least 4 members (excludes halogenated alkanes) is 1. The van der Waals surface area contributed by atoms with Crippen LogP contribution in [0.1, 0.15) is 36.5 Å². The first-order valence-corrected chi connectivity index (χ1v) is 10.5. The molecule has 0 amide bonds. The van der Waals surface area contributed by atoms with Crippen LogP contribution < -0.4 is 5.32 Å². The molecule has 0 fully saturated rings. The Kier molecular flexibility index (Phi) is 5.39. The molecule has 29 heavy (non-hydrogen) atoms. The average molecular weight is 384 g/mol. The highest BCUT2D eigenvalue weighted by Gasteiger charge is 2.17. The maximum atomic E-state index is 5.15. The third-order valence-corrected chi connectivity index (χ3v) is 5.64. The molecule has 1 aromatic heterocycles. The summed E-state index contributed by atoms with van der Waals surface area (Å²) in [5.74, 6) is 1.06. The van der Waals surface area contributed by atoms with Gasteiger partial charge < -0.3 is 9.88 Å². The highest BCUT2D eigenvalue weighted by atomic mass is 15.1. The summed E-state index contributed by atoms with van der Waals surface area (Å²) in [6.07, 6.45) is 2.30. The lowest BCUT2D eigenvalue weighted by atomic mass is 10.1. The number of hydrogen-bond donors (Lipinski definition) is 1. The third kappa shape index (κ3) is 3.65. The fourth-order valence-electron chi connectivity index (χ4n) is 3.97. The molecule has 3 heteroatoms. The lowest BCUT2D eigenvalue weighted by Crippen LogP contribution is -2.01. The van der Waals surface area contributed by atoms with Gasteiger partial charge in [-0.25, -0.2) is 4.98 Å². The number of imidazole rings is 1. The smallest absolute Gasteiger partial charge is 0.141 e. The molecule has 4 rings (SSSR count). The van der Waals surface area contributed by atoms with Gasteiger partial charge in [0.25, 0.3) is 0 Å². The first-order valence-electron chi connectivity index (χ1n) is 10.5. The standard InChI is InChI=1S/C26H29N3/c1-5-6-17-29-23-16-10-15-22(27-24-19(3)12-9-13-20(24)4)25(23)28-26(29)21-14-8-7-11-18(21)2/h7-16,27H,5-6,17H2,1-4H3. The van der Waals surface area contributed by atoms with Crippen molar-refractivity contribution in [1.29, 1.82) is 0 Å². The molecule has 3 nitrogen and oxygen atoms in total. The van der Waals surface area contributed by atoms with Gasteiger partial charge in [-0.3, -0.25) is 0 Å². The predicted molar refractivity (Wildman–Crippen MR) is 124 cm³/mol. The maximum Gasteiger partial charge on any atom is 0.141 e. The van der Waals surface area contributed by atoms with Crippen molar-refractivity contribution in [3.63, 3.8) is 0 Å². The zero-order valence-corrected chi connectivity index (χ0v) is 17.8. The zero-order chi connectivity index (χ0) is 20.4. The molecule has 0 bridgehead atoms. The second-order valence-electron chi connectivity index (χ2n) is 7.82. The van der Waals surface area contributed by atoms with E-state index >= 15 is 0 Å². The van der Waals surface area contributed by atoms with Crippen molar-refractivity contribution >= 4 is 22.4 Å². The minimum atomic E-state index is 0.976.